The second kappa shape index (κ2) is 7.89. The monoisotopic (exact) mass is 389 g/mol. The average molecular weight is 390 g/mol. The smallest absolute Gasteiger partial charge is 0.119 e. The lowest BCUT2D eigenvalue weighted by molar-refractivity contribution is 0.250. The van der Waals surface area contributed by atoms with Crippen molar-refractivity contribution in [2.24, 2.45) is 5.92 Å². The molecule has 29 heavy (non-hydrogen) atoms. The van der Waals surface area contributed by atoms with Gasteiger partial charge in [0.15, 0.2) is 0 Å². The molecule has 0 radical (unpaired) electrons. The fraction of sp³-hybridized carbons (Fsp3) is 0.481. The summed E-state index contributed by atoms with van der Waals surface area (Å²) in [6.45, 7) is 11.3. The number of hydrogen-bond donors (Lipinski definition) is 2. The third kappa shape index (κ3) is 3.95. The summed E-state index contributed by atoms with van der Waals surface area (Å²) in [5, 5.41) is 14.7. The fourth-order valence-electron chi connectivity index (χ4n) is 5.60. The maximum atomic E-state index is 10.9. The first-order chi connectivity index (χ1) is 13.9. The number of aryl methyl sites for hydroxylation is 1. The SMILES string of the molecule is C=C1CCCC2C1c1cc(O)c(C(C)CCCc3ccccc3)cc1NC2(C)C. The summed E-state index contributed by atoms with van der Waals surface area (Å²) in [4.78, 5) is 0. The Kier molecular flexibility index (Phi) is 5.46. The van der Waals surface area contributed by atoms with Gasteiger partial charge in [-0.2, -0.15) is 0 Å². The topological polar surface area (TPSA) is 32.3 Å². The van der Waals surface area contributed by atoms with Crippen molar-refractivity contribution in [2.75, 3.05) is 5.32 Å². The quantitative estimate of drug-likeness (QED) is 0.420. The summed E-state index contributed by atoms with van der Waals surface area (Å²) < 4.78 is 0. The van der Waals surface area contributed by atoms with E-state index in [-0.39, 0.29) is 5.54 Å². The van der Waals surface area contributed by atoms with Crippen LogP contribution in [-0.2, 0) is 6.42 Å². The van der Waals surface area contributed by atoms with E-state index in [9.17, 15) is 5.11 Å². The molecule has 2 aliphatic rings. The number of phenolic OH excluding ortho intramolecular Hbond substituents is 1. The molecule has 1 aliphatic heterocycles. The number of allylic oxidation sites excluding steroid dienone is 1. The molecule has 1 fully saturated rings. The van der Waals surface area contributed by atoms with Gasteiger partial charge in [0.1, 0.15) is 5.75 Å². The molecule has 3 atom stereocenters. The van der Waals surface area contributed by atoms with Crippen LogP contribution in [0.5, 0.6) is 5.75 Å². The van der Waals surface area contributed by atoms with Gasteiger partial charge in [-0.1, -0.05) is 49.4 Å². The van der Waals surface area contributed by atoms with Crippen molar-refractivity contribution in [3.05, 3.63) is 71.3 Å². The van der Waals surface area contributed by atoms with E-state index in [0.717, 1.165) is 31.2 Å². The number of nitrogens with one attached hydrogen (secondary N) is 1. The van der Waals surface area contributed by atoms with Gasteiger partial charge in [0.2, 0.25) is 0 Å². The molecule has 0 bridgehead atoms. The third-order valence-electron chi connectivity index (χ3n) is 7.25. The fourth-order valence-corrected chi connectivity index (χ4v) is 5.60. The normalized spacial score (nSPS) is 23.6. The van der Waals surface area contributed by atoms with Gasteiger partial charge in [-0.25, -0.2) is 0 Å². The van der Waals surface area contributed by atoms with Crippen molar-refractivity contribution in [2.45, 2.75) is 76.7 Å². The van der Waals surface area contributed by atoms with Crippen LogP contribution in [0.2, 0.25) is 0 Å². The van der Waals surface area contributed by atoms with Crippen LogP contribution in [0.1, 0.15) is 81.4 Å². The Balaban J connectivity index is 1.55. The highest BCUT2D eigenvalue weighted by Crippen LogP contribution is 2.53. The van der Waals surface area contributed by atoms with Crippen LogP contribution in [-0.4, -0.2) is 10.6 Å². The van der Waals surface area contributed by atoms with Gasteiger partial charge in [-0.3, -0.25) is 0 Å². The first kappa shape index (κ1) is 20.1. The molecule has 0 saturated heterocycles. The minimum absolute atomic E-state index is 0.0474. The molecule has 2 nitrogen and oxygen atoms in total. The van der Waals surface area contributed by atoms with Crippen LogP contribution in [0.4, 0.5) is 5.69 Å². The van der Waals surface area contributed by atoms with Crippen molar-refractivity contribution in [1.29, 1.82) is 0 Å². The zero-order valence-corrected chi connectivity index (χ0v) is 18.2. The molecule has 2 aromatic carbocycles. The molecule has 2 aromatic rings. The first-order valence-electron chi connectivity index (χ1n) is 11.2. The van der Waals surface area contributed by atoms with Gasteiger partial charge in [0.05, 0.1) is 0 Å². The highest BCUT2D eigenvalue weighted by molar-refractivity contribution is 5.64. The maximum Gasteiger partial charge on any atom is 0.119 e. The summed E-state index contributed by atoms with van der Waals surface area (Å²) in [5.74, 6) is 1.70. The predicted octanol–water partition coefficient (Wildman–Crippen LogP) is 7.16. The highest BCUT2D eigenvalue weighted by Gasteiger charge is 2.44. The van der Waals surface area contributed by atoms with Gasteiger partial charge >= 0.3 is 0 Å². The van der Waals surface area contributed by atoms with E-state index >= 15 is 0 Å². The van der Waals surface area contributed by atoms with Crippen LogP contribution < -0.4 is 5.32 Å². The van der Waals surface area contributed by atoms with E-state index in [0.29, 0.717) is 23.5 Å². The summed E-state index contributed by atoms with van der Waals surface area (Å²) >= 11 is 0. The second-order valence-electron chi connectivity index (χ2n) is 9.76. The van der Waals surface area contributed by atoms with Crippen LogP contribution in [0, 0.1) is 5.92 Å². The zero-order valence-electron chi connectivity index (χ0n) is 18.2. The molecule has 154 valence electrons. The summed E-state index contributed by atoms with van der Waals surface area (Å²) in [6.07, 6.45) is 6.84. The number of benzene rings is 2. The summed E-state index contributed by atoms with van der Waals surface area (Å²) in [5.41, 5.74) is 6.28. The maximum absolute atomic E-state index is 10.9. The molecule has 0 spiro atoms. The van der Waals surface area contributed by atoms with Crippen molar-refractivity contribution in [3.63, 3.8) is 0 Å². The van der Waals surface area contributed by atoms with Gasteiger partial charge in [-0.15, -0.1) is 0 Å². The highest BCUT2D eigenvalue weighted by atomic mass is 16.3. The van der Waals surface area contributed by atoms with Gasteiger partial charge in [-0.05, 0) is 93.0 Å². The third-order valence-corrected chi connectivity index (χ3v) is 7.25. The molecular formula is C27H35NO. The number of rotatable bonds is 5. The largest absolute Gasteiger partial charge is 0.508 e. The first-order valence-corrected chi connectivity index (χ1v) is 11.2. The lowest BCUT2D eigenvalue weighted by atomic mass is 9.63. The Morgan fingerprint density at radius 2 is 1.97 bits per heavy atom. The van der Waals surface area contributed by atoms with Gasteiger partial charge in [0, 0.05) is 17.1 Å². The molecular weight excluding hydrogens is 354 g/mol. The number of phenols is 1. The number of anilines is 1. The van der Waals surface area contributed by atoms with Crippen molar-refractivity contribution in [1.82, 2.24) is 0 Å². The molecule has 2 heteroatoms. The summed E-state index contributed by atoms with van der Waals surface area (Å²) in [6, 6.07) is 14.9. The van der Waals surface area contributed by atoms with Crippen molar-refractivity contribution < 1.29 is 5.11 Å². The number of aromatic hydroxyl groups is 1. The van der Waals surface area contributed by atoms with Crippen LogP contribution in [0.25, 0.3) is 0 Å². The Hall–Kier alpha value is -2.22. The van der Waals surface area contributed by atoms with Crippen LogP contribution in [0.15, 0.2) is 54.6 Å². The molecule has 1 saturated carbocycles. The van der Waals surface area contributed by atoms with Crippen molar-refractivity contribution in [3.8, 4) is 5.75 Å². The van der Waals surface area contributed by atoms with Crippen molar-refractivity contribution >= 4 is 5.69 Å². The van der Waals surface area contributed by atoms with Gasteiger partial charge in [0.25, 0.3) is 0 Å². The van der Waals surface area contributed by atoms with Gasteiger partial charge < -0.3 is 10.4 Å². The average Bonchev–Trinajstić information content (AvgIpc) is 2.69. The van der Waals surface area contributed by atoms with E-state index in [1.54, 1.807) is 0 Å². The second-order valence-corrected chi connectivity index (χ2v) is 9.76. The van der Waals surface area contributed by atoms with E-state index < -0.39 is 0 Å². The minimum atomic E-state index is 0.0474. The molecule has 0 aromatic heterocycles. The molecule has 0 amide bonds. The predicted molar refractivity (Wildman–Crippen MR) is 123 cm³/mol. The molecule has 1 aliphatic carbocycles. The minimum Gasteiger partial charge on any atom is -0.508 e. The number of fused-ring (bicyclic) bond motifs is 3. The molecule has 3 unspecified atom stereocenters. The Morgan fingerprint density at radius 1 is 1.21 bits per heavy atom. The lowest BCUT2D eigenvalue weighted by Crippen LogP contribution is -2.48. The van der Waals surface area contributed by atoms with E-state index in [4.69, 9.17) is 0 Å². The summed E-state index contributed by atoms with van der Waals surface area (Å²) in [7, 11) is 0. The van der Waals surface area contributed by atoms with Crippen LogP contribution >= 0.6 is 0 Å². The standard InChI is InChI=1S/C27H35NO/c1-18(10-8-14-20-12-6-5-7-13-20)21-16-24-22(17-25(21)29)26-19(2)11-9-15-23(26)27(3,4)28-24/h5-7,12-13,16-18,23,26,28-29H,2,8-11,14-15H2,1,3-4H3. The van der Waals surface area contributed by atoms with E-state index in [1.807, 2.05) is 6.07 Å². The Morgan fingerprint density at radius 3 is 2.72 bits per heavy atom. The zero-order chi connectivity index (χ0) is 20.6. The number of hydrogen-bond acceptors (Lipinski definition) is 2. The Labute approximate surface area is 176 Å². The Bertz CT molecular complexity index is 883. The molecule has 1 heterocycles. The molecule has 4 rings (SSSR count). The van der Waals surface area contributed by atoms with Crippen LogP contribution in [0.3, 0.4) is 0 Å². The lowest BCUT2D eigenvalue weighted by Gasteiger charge is -2.49. The molecule has 2 N–H and O–H groups in total. The van der Waals surface area contributed by atoms with E-state index in [2.05, 4.69) is 69.1 Å². The van der Waals surface area contributed by atoms with E-state index in [1.165, 1.54) is 35.2 Å².